The molecule has 0 aliphatic rings. The molecule has 0 fully saturated rings. The van der Waals surface area contributed by atoms with Gasteiger partial charge in [-0.15, -0.1) is 0 Å². The molecule has 5 nitrogen and oxygen atoms in total. The molecule has 1 aromatic carbocycles. The number of aryl methyl sites for hydroxylation is 2. The number of hydrogen-bond acceptors (Lipinski definition) is 5. The van der Waals surface area contributed by atoms with Crippen molar-refractivity contribution in [2.75, 3.05) is 7.11 Å². The van der Waals surface area contributed by atoms with Gasteiger partial charge in [0.05, 0.1) is 12.5 Å². The second-order valence-electron chi connectivity index (χ2n) is 4.94. The van der Waals surface area contributed by atoms with Gasteiger partial charge in [-0.05, 0) is 49.2 Å². The topological polar surface area (TPSA) is 74.2 Å². The first-order valence-electron chi connectivity index (χ1n) is 6.75. The molecule has 0 atom stereocenters. The van der Waals surface area contributed by atoms with Gasteiger partial charge in [0.15, 0.2) is 0 Å². The van der Waals surface area contributed by atoms with Crippen molar-refractivity contribution < 1.29 is 9.26 Å². The number of hydrogen-bond donors (Lipinski definition) is 1. The lowest BCUT2D eigenvalue weighted by Gasteiger charge is -2.08. The summed E-state index contributed by atoms with van der Waals surface area (Å²) in [5.41, 5.74) is 11.1. The zero-order chi connectivity index (χ0) is 15.0. The maximum atomic E-state index is 5.83. The van der Waals surface area contributed by atoms with Gasteiger partial charge in [0.1, 0.15) is 11.4 Å². The Labute approximate surface area is 122 Å². The van der Waals surface area contributed by atoms with E-state index in [0.717, 1.165) is 39.2 Å². The van der Waals surface area contributed by atoms with E-state index in [0.29, 0.717) is 12.3 Å². The molecule has 0 radical (unpaired) electrons. The fraction of sp³-hybridized carbons (Fsp3) is 0.250. The summed E-state index contributed by atoms with van der Waals surface area (Å²) in [6, 6.07) is 7.71. The molecule has 3 aromatic rings. The molecule has 0 aliphatic heterocycles. The first kappa shape index (κ1) is 13.6. The average Bonchev–Trinajstić information content (AvgIpc) is 2.91. The molecule has 0 bridgehead atoms. The van der Waals surface area contributed by atoms with Crippen LogP contribution >= 0.6 is 0 Å². The first-order valence-corrected chi connectivity index (χ1v) is 6.75. The maximum absolute atomic E-state index is 5.83. The predicted octanol–water partition coefficient (Wildman–Crippen LogP) is 2.97. The Morgan fingerprint density at radius 2 is 1.90 bits per heavy atom. The van der Waals surface area contributed by atoms with Crippen LogP contribution in [-0.4, -0.2) is 17.3 Å². The Balaban J connectivity index is 2.23. The fourth-order valence-electron chi connectivity index (χ4n) is 2.58. The van der Waals surface area contributed by atoms with Gasteiger partial charge < -0.3 is 15.0 Å². The summed E-state index contributed by atoms with van der Waals surface area (Å²) in [7, 11) is 1.64. The van der Waals surface area contributed by atoms with Crippen molar-refractivity contribution in [3.05, 3.63) is 41.1 Å². The van der Waals surface area contributed by atoms with E-state index < -0.39 is 0 Å². The first-order chi connectivity index (χ1) is 10.2. The van der Waals surface area contributed by atoms with Gasteiger partial charge in [0.25, 0.3) is 5.71 Å². The highest BCUT2D eigenvalue weighted by molar-refractivity contribution is 5.93. The monoisotopic (exact) mass is 283 g/mol. The Morgan fingerprint density at radius 1 is 1.19 bits per heavy atom. The van der Waals surface area contributed by atoms with Crippen LogP contribution < -0.4 is 10.5 Å². The zero-order valence-corrected chi connectivity index (χ0v) is 12.3. The summed E-state index contributed by atoms with van der Waals surface area (Å²) in [6.07, 6.45) is 0. The average molecular weight is 283 g/mol. The molecular weight excluding hydrogens is 266 g/mol. The summed E-state index contributed by atoms with van der Waals surface area (Å²) in [6.45, 7) is 4.42. The van der Waals surface area contributed by atoms with E-state index in [1.807, 2.05) is 38.1 Å². The lowest BCUT2D eigenvalue weighted by molar-refractivity contribution is 0.415. The van der Waals surface area contributed by atoms with Gasteiger partial charge in [-0.1, -0.05) is 5.16 Å². The Kier molecular flexibility index (Phi) is 3.35. The second kappa shape index (κ2) is 5.18. The van der Waals surface area contributed by atoms with Crippen molar-refractivity contribution in [1.82, 2.24) is 10.1 Å². The van der Waals surface area contributed by atoms with Crippen molar-refractivity contribution in [2.45, 2.75) is 20.4 Å². The number of benzene rings is 1. The van der Waals surface area contributed by atoms with E-state index in [4.69, 9.17) is 15.0 Å². The third-order valence-corrected chi connectivity index (χ3v) is 3.78. The van der Waals surface area contributed by atoms with E-state index in [9.17, 15) is 0 Å². The van der Waals surface area contributed by atoms with Crippen molar-refractivity contribution in [3.8, 4) is 17.0 Å². The molecule has 0 aliphatic carbocycles. The summed E-state index contributed by atoms with van der Waals surface area (Å²) >= 11 is 0. The summed E-state index contributed by atoms with van der Waals surface area (Å²) in [5.74, 6) is 0.805. The van der Waals surface area contributed by atoms with E-state index in [1.165, 1.54) is 0 Å². The molecule has 0 saturated carbocycles. The van der Waals surface area contributed by atoms with Crippen LogP contribution in [0, 0.1) is 13.8 Å². The largest absolute Gasteiger partial charge is 0.497 e. The highest BCUT2D eigenvalue weighted by atomic mass is 16.5. The Hall–Kier alpha value is -2.40. The molecule has 3 rings (SSSR count). The van der Waals surface area contributed by atoms with Gasteiger partial charge >= 0.3 is 0 Å². The predicted molar refractivity (Wildman–Crippen MR) is 81.2 cm³/mol. The third kappa shape index (κ3) is 2.15. The number of ether oxygens (including phenoxy) is 1. The lowest BCUT2D eigenvalue weighted by Crippen LogP contribution is -2.04. The maximum Gasteiger partial charge on any atom is 0.258 e. The summed E-state index contributed by atoms with van der Waals surface area (Å²) in [4.78, 5) is 4.45. The molecule has 0 amide bonds. The van der Waals surface area contributed by atoms with Crippen LogP contribution in [0.2, 0.25) is 0 Å². The van der Waals surface area contributed by atoms with Gasteiger partial charge in [-0.25, -0.2) is 4.98 Å². The SMILES string of the molecule is COc1ccc(-c2noc3nc(C)c(CN)c(C)c23)cc1. The molecule has 21 heavy (non-hydrogen) atoms. The number of methoxy groups -OCH3 is 1. The van der Waals surface area contributed by atoms with Gasteiger partial charge in [0, 0.05) is 17.8 Å². The van der Waals surface area contributed by atoms with Crippen LogP contribution in [0.25, 0.3) is 22.4 Å². The smallest absolute Gasteiger partial charge is 0.258 e. The number of aromatic nitrogens is 2. The highest BCUT2D eigenvalue weighted by Gasteiger charge is 2.17. The fourth-order valence-corrected chi connectivity index (χ4v) is 2.58. The molecular formula is C16H17N3O2. The number of nitrogens with zero attached hydrogens (tertiary/aromatic N) is 2. The molecule has 2 heterocycles. The Morgan fingerprint density at radius 3 is 2.52 bits per heavy atom. The van der Waals surface area contributed by atoms with Crippen molar-refractivity contribution >= 4 is 11.1 Å². The third-order valence-electron chi connectivity index (χ3n) is 3.78. The molecule has 2 aromatic heterocycles. The quantitative estimate of drug-likeness (QED) is 0.800. The van der Waals surface area contributed by atoms with Crippen LogP contribution in [0.4, 0.5) is 0 Å². The molecule has 0 saturated heterocycles. The normalized spacial score (nSPS) is 11.0. The lowest BCUT2D eigenvalue weighted by atomic mass is 10.0. The van der Waals surface area contributed by atoms with Gasteiger partial charge in [0.2, 0.25) is 0 Å². The summed E-state index contributed by atoms with van der Waals surface area (Å²) in [5, 5.41) is 5.10. The van der Waals surface area contributed by atoms with E-state index in [2.05, 4.69) is 10.1 Å². The Bertz CT molecular complexity index is 791. The van der Waals surface area contributed by atoms with Gasteiger partial charge in [-0.3, -0.25) is 0 Å². The van der Waals surface area contributed by atoms with E-state index >= 15 is 0 Å². The van der Waals surface area contributed by atoms with Crippen LogP contribution in [-0.2, 0) is 6.54 Å². The highest BCUT2D eigenvalue weighted by Crippen LogP contribution is 2.32. The van der Waals surface area contributed by atoms with Crippen molar-refractivity contribution in [3.63, 3.8) is 0 Å². The minimum absolute atomic E-state index is 0.452. The second-order valence-corrected chi connectivity index (χ2v) is 4.94. The summed E-state index contributed by atoms with van der Waals surface area (Å²) < 4.78 is 10.6. The van der Waals surface area contributed by atoms with Crippen molar-refractivity contribution in [1.29, 1.82) is 0 Å². The molecule has 5 heteroatoms. The van der Waals surface area contributed by atoms with Crippen molar-refractivity contribution in [2.24, 2.45) is 5.73 Å². The minimum atomic E-state index is 0.452. The number of pyridine rings is 1. The number of fused-ring (bicyclic) bond motifs is 1. The van der Waals surface area contributed by atoms with Crippen LogP contribution in [0.15, 0.2) is 28.8 Å². The molecule has 0 spiro atoms. The van der Waals surface area contributed by atoms with E-state index in [1.54, 1.807) is 7.11 Å². The molecule has 0 unspecified atom stereocenters. The molecule has 2 N–H and O–H groups in total. The van der Waals surface area contributed by atoms with Gasteiger partial charge in [-0.2, -0.15) is 0 Å². The number of nitrogens with two attached hydrogens (primary N) is 1. The number of rotatable bonds is 3. The zero-order valence-electron chi connectivity index (χ0n) is 12.3. The molecule has 108 valence electrons. The van der Waals surface area contributed by atoms with E-state index in [-0.39, 0.29) is 0 Å². The standard InChI is InChI=1S/C16H17N3O2/c1-9-13(8-17)10(2)18-16-14(9)15(19-21-16)11-4-6-12(20-3)7-5-11/h4-7H,8,17H2,1-3H3. The van der Waals surface area contributed by atoms with Crippen LogP contribution in [0.5, 0.6) is 5.75 Å². The van der Waals surface area contributed by atoms with Crippen LogP contribution in [0.3, 0.4) is 0 Å². The minimum Gasteiger partial charge on any atom is -0.497 e. The van der Waals surface area contributed by atoms with Crippen LogP contribution in [0.1, 0.15) is 16.8 Å².